The third-order valence-corrected chi connectivity index (χ3v) is 5.24. The Morgan fingerprint density at radius 2 is 1.85 bits per heavy atom. The number of rotatable bonds is 9. The summed E-state index contributed by atoms with van der Waals surface area (Å²) in [7, 11) is 2.83. The van der Waals surface area contributed by atoms with Gasteiger partial charge < -0.3 is 24.6 Å². The molecule has 0 saturated carbocycles. The maximum absolute atomic E-state index is 13.3. The number of benzene rings is 2. The number of carbonyl (C=O) groups is 2. The summed E-state index contributed by atoms with van der Waals surface area (Å²) in [5, 5.41) is 13.1. The second kappa shape index (κ2) is 11.5. The van der Waals surface area contributed by atoms with Gasteiger partial charge in [-0.25, -0.2) is 9.59 Å². The molecular formula is C25H24ClNO6. The van der Waals surface area contributed by atoms with Gasteiger partial charge in [-0.1, -0.05) is 60.1 Å². The summed E-state index contributed by atoms with van der Waals surface area (Å²) in [6.07, 6.45) is 3.91. The average Bonchev–Trinajstić information content (AvgIpc) is 2.82. The molecule has 2 aromatic carbocycles. The Morgan fingerprint density at radius 3 is 2.48 bits per heavy atom. The van der Waals surface area contributed by atoms with E-state index in [1.165, 1.54) is 20.4 Å². The van der Waals surface area contributed by atoms with Crippen LogP contribution in [0.15, 0.2) is 83.7 Å². The Morgan fingerprint density at radius 1 is 1.12 bits per heavy atom. The second-order valence-corrected chi connectivity index (χ2v) is 7.52. The third kappa shape index (κ3) is 5.90. The van der Waals surface area contributed by atoms with E-state index in [4.69, 9.17) is 25.8 Å². The van der Waals surface area contributed by atoms with Gasteiger partial charge in [0, 0.05) is 25.4 Å². The zero-order valence-electron chi connectivity index (χ0n) is 18.2. The van der Waals surface area contributed by atoms with Crippen LogP contribution in [0.4, 0.5) is 0 Å². The molecule has 0 spiro atoms. The minimum atomic E-state index is -1.19. The lowest BCUT2D eigenvalue weighted by atomic mass is 9.81. The minimum absolute atomic E-state index is 0.0104. The molecule has 2 N–H and O–H groups in total. The molecule has 1 unspecified atom stereocenters. The minimum Gasteiger partial charge on any atom is -0.478 e. The summed E-state index contributed by atoms with van der Waals surface area (Å²) in [6, 6.07) is 16.2. The predicted molar refractivity (Wildman–Crippen MR) is 124 cm³/mol. The molecule has 3 rings (SSSR count). The van der Waals surface area contributed by atoms with Crippen molar-refractivity contribution in [3.05, 3.63) is 99.9 Å². The first kappa shape index (κ1) is 24.3. The number of aliphatic carboxylic acids is 1. The Bertz CT molecular complexity index is 1090. The van der Waals surface area contributed by atoms with E-state index in [9.17, 15) is 14.7 Å². The van der Waals surface area contributed by atoms with Gasteiger partial charge in [-0.2, -0.15) is 0 Å². The first-order chi connectivity index (χ1) is 16.0. The molecular weight excluding hydrogens is 446 g/mol. The normalized spacial score (nSPS) is 16.0. The van der Waals surface area contributed by atoms with Crippen LogP contribution in [0.1, 0.15) is 17.0 Å². The molecule has 172 valence electrons. The van der Waals surface area contributed by atoms with Gasteiger partial charge in [-0.3, -0.25) is 0 Å². The molecule has 7 nitrogen and oxygen atoms in total. The van der Waals surface area contributed by atoms with Crippen LogP contribution in [0.25, 0.3) is 6.08 Å². The molecule has 0 saturated heterocycles. The van der Waals surface area contributed by atoms with Crippen LogP contribution < -0.4 is 5.32 Å². The van der Waals surface area contributed by atoms with Crippen LogP contribution in [0.3, 0.4) is 0 Å². The topological polar surface area (TPSA) is 94.1 Å². The largest absolute Gasteiger partial charge is 0.478 e. The van der Waals surface area contributed by atoms with E-state index in [1.807, 2.05) is 36.4 Å². The lowest BCUT2D eigenvalue weighted by Crippen LogP contribution is -2.36. The smallest absolute Gasteiger partial charge is 0.337 e. The number of hydrogen-bond donors (Lipinski definition) is 2. The zero-order chi connectivity index (χ0) is 23.8. The second-order valence-electron chi connectivity index (χ2n) is 7.08. The summed E-state index contributed by atoms with van der Waals surface area (Å²) in [5.41, 5.74) is 1.76. The Kier molecular flexibility index (Phi) is 8.43. The van der Waals surface area contributed by atoms with Gasteiger partial charge in [-0.15, -0.1) is 0 Å². The maximum Gasteiger partial charge on any atom is 0.337 e. The van der Waals surface area contributed by atoms with E-state index in [0.717, 1.165) is 5.56 Å². The Labute approximate surface area is 196 Å². The number of methoxy groups -OCH3 is 2. The van der Waals surface area contributed by atoms with Crippen LogP contribution >= 0.6 is 11.6 Å². The highest BCUT2D eigenvalue weighted by Crippen LogP contribution is 2.38. The predicted octanol–water partition coefficient (Wildman–Crippen LogP) is 4.12. The van der Waals surface area contributed by atoms with Crippen molar-refractivity contribution >= 4 is 29.6 Å². The summed E-state index contributed by atoms with van der Waals surface area (Å²) in [6.45, 7) is -0.0104. The van der Waals surface area contributed by atoms with E-state index < -0.39 is 24.1 Å². The molecule has 1 atom stereocenters. The van der Waals surface area contributed by atoms with Crippen molar-refractivity contribution in [2.24, 2.45) is 0 Å². The quantitative estimate of drug-likeness (QED) is 0.421. The van der Waals surface area contributed by atoms with Crippen molar-refractivity contribution in [1.82, 2.24) is 5.32 Å². The Hall–Kier alpha value is -3.39. The van der Waals surface area contributed by atoms with E-state index in [-0.39, 0.29) is 23.5 Å². The fourth-order valence-electron chi connectivity index (χ4n) is 3.55. The molecule has 0 fully saturated rings. The third-order valence-electron chi connectivity index (χ3n) is 5.01. The lowest BCUT2D eigenvalue weighted by Gasteiger charge is -2.30. The maximum atomic E-state index is 13.3. The molecule has 1 aliphatic heterocycles. The van der Waals surface area contributed by atoms with Gasteiger partial charge >= 0.3 is 11.9 Å². The van der Waals surface area contributed by atoms with Crippen LogP contribution in [0.5, 0.6) is 0 Å². The number of carboxylic acid groups (broad SMARTS) is 1. The number of halogens is 1. The first-order valence-electron chi connectivity index (χ1n) is 10.1. The van der Waals surface area contributed by atoms with E-state index in [2.05, 4.69) is 5.32 Å². The monoisotopic (exact) mass is 469 g/mol. The molecule has 0 amide bonds. The average molecular weight is 470 g/mol. The summed E-state index contributed by atoms with van der Waals surface area (Å²) in [5.74, 6) is -2.84. The number of ether oxygens (including phenoxy) is 3. The number of esters is 1. The van der Waals surface area contributed by atoms with E-state index >= 15 is 0 Å². The summed E-state index contributed by atoms with van der Waals surface area (Å²) >= 11 is 6.16. The van der Waals surface area contributed by atoms with Crippen LogP contribution in [-0.2, 0) is 23.8 Å². The first-order valence-corrected chi connectivity index (χ1v) is 10.5. The highest BCUT2D eigenvalue weighted by atomic mass is 35.5. The molecule has 8 heteroatoms. The summed E-state index contributed by atoms with van der Waals surface area (Å²) < 4.78 is 16.2. The van der Waals surface area contributed by atoms with Gasteiger partial charge in [0.15, 0.2) is 6.29 Å². The van der Waals surface area contributed by atoms with Crippen molar-refractivity contribution in [1.29, 1.82) is 0 Å². The highest BCUT2D eigenvalue weighted by Gasteiger charge is 2.38. The standard InChI is InChI=1S/C25H24ClNO6/c1-31-25(32-2)22-21(24(30)33-13-7-10-16-8-4-3-5-9-16)20(19(15-27-22)23(28)29)17-11-6-12-18(26)14-17/h3-12,14-15,20,25,27H,13H2,1-2H3,(H,28,29)/b10-7+. The number of carbonyl (C=O) groups excluding carboxylic acids is 1. The molecule has 1 heterocycles. The number of hydrogen-bond acceptors (Lipinski definition) is 6. The fraction of sp³-hybridized carbons (Fsp3) is 0.200. The van der Waals surface area contributed by atoms with Gasteiger partial charge in [0.1, 0.15) is 6.61 Å². The van der Waals surface area contributed by atoms with Crippen molar-refractivity contribution < 1.29 is 28.9 Å². The van der Waals surface area contributed by atoms with Crippen molar-refractivity contribution in [2.45, 2.75) is 12.2 Å². The van der Waals surface area contributed by atoms with Crippen molar-refractivity contribution in [2.75, 3.05) is 20.8 Å². The van der Waals surface area contributed by atoms with Crippen molar-refractivity contribution in [3.63, 3.8) is 0 Å². The summed E-state index contributed by atoms with van der Waals surface area (Å²) in [4.78, 5) is 25.3. The number of nitrogens with one attached hydrogen (secondary N) is 1. The molecule has 33 heavy (non-hydrogen) atoms. The molecule has 2 aromatic rings. The van der Waals surface area contributed by atoms with Gasteiger partial charge in [0.25, 0.3) is 0 Å². The lowest BCUT2D eigenvalue weighted by molar-refractivity contribution is -0.139. The fourth-order valence-corrected chi connectivity index (χ4v) is 3.75. The van der Waals surface area contributed by atoms with E-state index in [0.29, 0.717) is 10.6 Å². The SMILES string of the molecule is COC(OC)C1=C(C(=O)OC/C=C/c2ccccc2)C(c2cccc(Cl)c2)C(C(=O)O)=CN1. The molecule has 1 aliphatic rings. The molecule has 0 aliphatic carbocycles. The zero-order valence-corrected chi connectivity index (χ0v) is 18.9. The van der Waals surface area contributed by atoms with E-state index in [1.54, 1.807) is 30.3 Å². The van der Waals surface area contributed by atoms with Gasteiger partial charge in [0.05, 0.1) is 22.8 Å². The highest BCUT2D eigenvalue weighted by molar-refractivity contribution is 6.30. The number of carboxylic acids is 1. The van der Waals surface area contributed by atoms with Crippen LogP contribution in [-0.4, -0.2) is 44.2 Å². The van der Waals surface area contributed by atoms with Crippen molar-refractivity contribution in [3.8, 4) is 0 Å². The molecule has 0 aromatic heterocycles. The van der Waals surface area contributed by atoms with Gasteiger partial charge in [-0.05, 0) is 29.3 Å². The Balaban J connectivity index is 1.98. The van der Waals surface area contributed by atoms with Crippen LogP contribution in [0.2, 0.25) is 5.02 Å². The van der Waals surface area contributed by atoms with Gasteiger partial charge in [0.2, 0.25) is 0 Å². The molecule has 0 radical (unpaired) electrons. The number of dihydropyridines is 1. The molecule has 0 bridgehead atoms. The van der Waals surface area contributed by atoms with Crippen LogP contribution in [0, 0.1) is 0 Å².